The molecule has 0 saturated carbocycles. The summed E-state index contributed by atoms with van der Waals surface area (Å²) in [6.45, 7) is 0.765. The minimum absolute atomic E-state index is 0.622. The van der Waals surface area contributed by atoms with Gasteiger partial charge in [0.05, 0.1) is 21.6 Å². The molecule has 2 heterocycles. The minimum atomic E-state index is 0.622. The van der Waals surface area contributed by atoms with Crippen LogP contribution in [0.1, 0.15) is 10.6 Å². The molecule has 0 atom stereocenters. The van der Waals surface area contributed by atoms with Gasteiger partial charge in [-0.3, -0.25) is 0 Å². The highest BCUT2D eigenvalue weighted by Crippen LogP contribution is 2.18. The number of fused-ring (bicyclic) bond motifs is 1. The second-order valence-corrected chi connectivity index (χ2v) is 5.43. The number of rotatable bonds is 3. The van der Waals surface area contributed by atoms with E-state index in [1.165, 1.54) is 0 Å². The standard InChI is InChI=1S/C13H10N4S2/c14-8-9-2-1-3-10-12(9)16-13(18)17(10)6-4-11-15-5-7-19-11/h1-3,5,7H,4,6H2,(H,16,18). The van der Waals surface area contributed by atoms with Crippen LogP contribution in [0.4, 0.5) is 0 Å². The highest BCUT2D eigenvalue weighted by atomic mass is 32.1. The van der Waals surface area contributed by atoms with E-state index in [9.17, 15) is 0 Å². The number of aryl methyl sites for hydroxylation is 2. The van der Waals surface area contributed by atoms with E-state index in [1.807, 2.05) is 28.3 Å². The molecule has 0 aliphatic rings. The molecule has 3 aromatic rings. The van der Waals surface area contributed by atoms with Crippen LogP contribution < -0.4 is 0 Å². The van der Waals surface area contributed by atoms with Crippen LogP contribution in [0.3, 0.4) is 0 Å². The number of para-hydroxylation sites is 1. The van der Waals surface area contributed by atoms with Crippen molar-refractivity contribution in [2.24, 2.45) is 0 Å². The fraction of sp³-hybridized carbons (Fsp3) is 0.154. The molecular formula is C13H10N4S2. The van der Waals surface area contributed by atoms with Gasteiger partial charge in [0.15, 0.2) is 4.77 Å². The molecule has 0 saturated heterocycles. The zero-order valence-electron chi connectivity index (χ0n) is 9.96. The minimum Gasteiger partial charge on any atom is -0.329 e. The molecule has 3 rings (SSSR count). The van der Waals surface area contributed by atoms with Crippen LogP contribution in [-0.4, -0.2) is 14.5 Å². The second-order valence-electron chi connectivity index (χ2n) is 4.07. The Hall–Kier alpha value is -1.97. The van der Waals surface area contributed by atoms with E-state index in [4.69, 9.17) is 17.5 Å². The number of thiazole rings is 1. The van der Waals surface area contributed by atoms with E-state index in [2.05, 4.69) is 16.0 Å². The van der Waals surface area contributed by atoms with Crippen LogP contribution in [0, 0.1) is 16.1 Å². The fourth-order valence-electron chi connectivity index (χ4n) is 2.08. The van der Waals surface area contributed by atoms with Crippen molar-refractivity contribution in [3.8, 4) is 6.07 Å². The van der Waals surface area contributed by atoms with Crippen molar-refractivity contribution in [3.05, 3.63) is 45.1 Å². The molecule has 0 radical (unpaired) electrons. The molecule has 0 fully saturated rings. The van der Waals surface area contributed by atoms with Crippen LogP contribution in [0.2, 0.25) is 0 Å². The molecule has 0 aliphatic carbocycles. The molecular weight excluding hydrogens is 276 g/mol. The Kier molecular flexibility index (Phi) is 3.15. The second kappa shape index (κ2) is 4.96. The van der Waals surface area contributed by atoms with Crippen molar-refractivity contribution in [3.63, 3.8) is 0 Å². The normalized spacial score (nSPS) is 10.7. The topological polar surface area (TPSA) is 57.4 Å². The van der Waals surface area contributed by atoms with E-state index >= 15 is 0 Å². The average molecular weight is 286 g/mol. The van der Waals surface area contributed by atoms with Gasteiger partial charge in [-0.2, -0.15) is 5.26 Å². The maximum atomic E-state index is 9.09. The number of hydrogen-bond acceptors (Lipinski definition) is 4. The van der Waals surface area contributed by atoms with E-state index < -0.39 is 0 Å². The summed E-state index contributed by atoms with van der Waals surface area (Å²) in [4.78, 5) is 7.38. The Morgan fingerprint density at radius 2 is 2.37 bits per heavy atom. The van der Waals surface area contributed by atoms with Gasteiger partial charge in [0, 0.05) is 24.5 Å². The number of nitrogens with zero attached hydrogens (tertiary/aromatic N) is 3. The number of aromatic amines is 1. The summed E-state index contributed by atoms with van der Waals surface area (Å²) in [5, 5.41) is 12.2. The third kappa shape index (κ3) is 2.18. The first-order valence-corrected chi connectivity index (χ1v) is 7.08. The maximum absolute atomic E-state index is 9.09. The zero-order valence-corrected chi connectivity index (χ0v) is 11.6. The van der Waals surface area contributed by atoms with Crippen molar-refractivity contribution in [1.29, 1.82) is 5.26 Å². The van der Waals surface area contributed by atoms with E-state index in [0.29, 0.717) is 10.3 Å². The lowest BCUT2D eigenvalue weighted by Gasteiger charge is -2.02. The summed E-state index contributed by atoms with van der Waals surface area (Å²) in [5.74, 6) is 0. The van der Waals surface area contributed by atoms with Gasteiger partial charge in [0.2, 0.25) is 0 Å². The summed E-state index contributed by atoms with van der Waals surface area (Å²) in [5.41, 5.74) is 2.41. The molecule has 0 amide bonds. The summed E-state index contributed by atoms with van der Waals surface area (Å²) in [7, 11) is 0. The molecule has 94 valence electrons. The first-order chi connectivity index (χ1) is 9.29. The number of benzene rings is 1. The third-order valence-electron chi connectivity index (χ3n) is 2.96. The lowest BCUT2D eigenvalue weighted by atomic mass is 10.2. The average Bonchev–Trinajstić information content (AvgIpc) is 3.03. The quantitative estimate of drug-likeness (QED) is 0.752. The summed E-state index contributed by atoms with van der Waals surface area (Å²) < 4.78 is 2.67. The molecule has 0 bridgehead atoms. The molecule has 0 spiro atoms. The third-order valence-corrected chi connectivity index (χ3v) is 4.13. The van der Waals surface area contributed by atoms with Crippen LogP contribution in [-0.2, 0) is 13.0 Å². The molecule has 19 heavy (non-hydrogen) atoms. The van der Waals surface area contributed by atoms with Gasteiger partial charge in [-0.1, -0.05) is 6.07 Å². The van der Waals surface area contributed by atoms with Crippen LogP contribution in [0.5, 0.6) is 0 Å². The first kappa shape index (κ1) is 12.1. The van der Waals surface area contributed by atoms with Gasteiger partial charge < -0.3 is 9.55 Å². The molecule has 1 N–H and O–H groups in total. The highest BCUT2D eigenvalue weighted by Gasteiger charge is 2.08. The lowest BCUT2D eigenvalue weighted by Crippen LogP contribution is -2.01. The Morgan fingerprint density at radius 3 is 3.11 bits per heavy atom. The molecule has 1 aromatic carbocycles. The van der Waals surface area contributed by atoms with E-state index in [0.717, 1.165) is 29.0 Å². The van der Waals surface area contributed by atoms with Gasteiger partial charge in [-0.25, -0.2) is 4.98 Å². The van der Waals surface area contributed by atoms with Crippen molar-refractivity contribution in [1.82, 2.24) is 14.5 Å². The van der Waals surface area contributed by atoms with Crippen molar-refractivity contribution < 1.29 is 0 Å². The summed E-state index contributed by atoms with van der Waals surface area (Å²) in [6, 6.07) is 7.82. The molecule has 0 aliphatic heterocycles. The Morgan fingerprint density at radius 1 is 1.47 bits per heavy atom. The van der Waals surface area contributed by atoms with Crippen LogP contribution in [0.25, 0.3) is 11.0 Å². The molecule has 4 nitrogen and oxygen atoms in total. The van der Waals surface area contributed by atoms with E-state index in [1.54, 1.807) is 17.4 Å². The van der Waals surface area contributed by atoms with Crippen LogP contribution in [0.15, 0.2) is 29.8 Å². The SMILES string of the molecule is N#Cc1cccc2c1[nH]c(=S)n2CCc1nccs1. The number of hydrogen-bond donors (Lipinski definition) is 1. The maximum Gasteiger partial charge on any atom is 0.178 e. The molecule has 0 unspecified atom stereocenters. The number of aromatic nitrogens is 3. The Bertz CT molecular complexity index is 805. The summed E-state index contributed by atoms with van der Waals surface area (Å²) in [6.07, 6.45) is 2.65. The highest BCUT2D eigenvalue weighted by molar-refractivity contribution is 7.71. The fourth-order valence-corrected chi connectivity index (χ4v) is 2.98. The van der Waals surface area contributed by atoms with Crippen molar-refractivity contribution >= 4 is 34.6 Å². The molecule has 2 aromatic heterocycles. The van der Waals surface area contributed by atoms with Gasteiger partial charge in [-0.05, 0) is 24.4 Å². The number of H-pyrrole nitrogens is 1. The molecule has 6 heteroatoms. The predicted molar refractivity (Wildman–Crippen MR) is 77.7 cm³/mol. The Balaban J connectivity index is 2.02. The Labute approximate surface area is 119 Å². The van der Waals surface area contributed by atoms with Gasteiger partial charge in [0.25, 0.3) is 0 Å². The number of nitrogens with one attached hydrogen (secondary N) is 1. The van der Waals surface area contributed by atoms with Gasteiger partial charge in [-0.15, -0.1) is 11.3 Å². The zero-order chi connectivity index (χ0) is 13.2. The largest absolute Gasteiger partial charge is 0.329 e. The monoisotopic (exact) mass is 286 g/mol. The predicted octanol–water partition coefficient (Wildman–Crippen LogP) is 3.27. The summed E-state index contributed by atoms with van der Waals surface area (Å²) >= 11 is 6.98. The number of imidazole rings is 1. The lowest BCUT2D eigenvalue weighted by molar-refractivity contribution is 0.703. The van der Waals surface area contributed by atoms with E-state index in [-0.39, 0.29) is 0 Å². The first-order valence-electron chi connectivity index (χ1n) is 5.79. The van der Waals surface area contributed by atoms with Crippen molar-refractivity contribution in [2.45, 2.75) is 13.0 Å². The number of nitriles is 1. The smallest absolute Gasteiger partial charge is 0.178 e. The van der Waals surface area contributed by atoms with Crippen LogP contribution >= 0.6 is 23.6 Å². The van der Waals surface area contributed by atoms with Gasteiger partial charge >= 0.3 is 0 Å². The van der Waals surface area contributed by atoms with Gasteiger partial charge in [0.1, 0.15) is 6.07 Å². The van der Waals surface area contributed by atoms with Crippen molar-refractivity contribution in [2.75, 3.05) is 0 Å².